The number of carbonyl (C=O) groups is 2. The normalized spacial score (nSPS) is 10.7. The van der Waals surface area contributed by atoms with Crippen molar-refractivity contribution in [2.45, 2.75) is 33.6 Å². The number of H-pyrrole nitrogens is 1. The van der Waals surface area contributed by atoms with Crippen molar-refractivity contribution < 1.29 is 24.0 Å². The summed E-state index contributed by atoms with van der Waals surface area (Å²) in [6.45, 7) is 6.67. The molecular formula is C20H22N2O7. The van der Waals surface area contributed by atoms with Gasteiger partial charge in [-0.05, 0) is 51.0 Å². The molecule has 0 aliphatic rings. The van der Waals surface area contributed by atoms with Crippen LogP contribution in [0.1, 0.15) is 36.5 Å². The number of rotatable bonds is 7. The largest absolute Gasteiger partial charge is 0.465 e. The third kappa shape index (κ3) is 4.68. The molecule has 9 heteroatoms. The number of aromatic amines is 1. The number of nitro benzene ring substituents is 1. The monoisotopic (exact) mass is 402 g/mol. The van der Waals surface area contributed by atoms with Gasteiger partial charge in [0.05, 0.1) is 18.1 Å². The van der Waals surface area contributed by atoms with Crippen LogP contribution < -0.4 is 5.56 Å². The summed E-state index contributed by atoms with van der Waals surface area (Å²) in [6, 6.07) is 5.74. The number of ether oxygens (including phenoxy) is 2. The number of hydrogen-bond acceptors (Lipinski definition) is 7. The van der Waals surface area contributed by atoms with Crippen LogP contribution in [0.2, 0.25) is 0 Å². The van der Waals surface area contributed by atoms with Crippen molar-refractivity contribution in [1.29, 1.82) is 0 Å². The summed E-state index contributed by atoms with van der Waals surface area (Å²) in [5, 5.41) is 11.0. The Bertz CT molecular complexity index is 969. The maximum Gasteiger partial charge on any atom is 0.325 e. The lowest BCUT2D eigenvalue weighted by molar-refractivity contribution is -0.384. The maximum atomic E-state index is 12.7. The van der Waals surface area contributed by atoms with Crippen molar-refractivity contribution in [1.82, 2.24) is 4.98 Å². The van der Waals surface area contributed by atoms with Gasteiger partial charge in [-0.2, -0.15) is 0 Å². The number of non-ortho nitro benzene ring substituents is 1. The minimum absolute atomic E-state index is 0.0475. The van der Waals surface area contributed by atoms with Gasteiger partial charge in [-0.15, -0.1) is 0 Å². The van der Waals surface area contributed by atoms with E-state index in [2.05, 4.69) is 4.98 Å². The zero-order valence-electron chi connectivity index (χ0n) is 16.6. The van der Waals surface area contributed by atoms with Crippen LogP contribution >= 0.6 is 0 Å². The fraction of sp³-hybridized carbons (Fsp3) is 0.350. The molecule has 0 bridgehead atoms. The average Bonchev–Trinajstić information content (AvgIpc) is 2.63. The third-order valence-corrected chi connectivity index (χ3v) is 4.29. The first-order valence-corrected chi connectivity index (χ1v) is 9.03. The lowest BCUT2D eigenvalue weighted by Crippen LogP contribution is -2.31. The van der Waals surface area contributed by atoms with Gasteiger partial charge >= 0.3 is 11.9 Å². The highest BCUT2D eigenvalue weighted by molar-refractivity contribution is 6.00. The first-order valence-electron chi connectivity index (χ1n) is 9.03. The second kappa shape index (κ2) is 9.13. The molecule has 1 N–H and O–H groups in total. The van der Waals surface area contributed by atoms with Crippen LogP contribution in [0.4, 0.5) is 5.69 Å². The quantitative estimate of drug-likeness (QED) is 0.326. The second-order valence-electron chi connectivity index (χ2n) is 6.31. The topological polar surface area (TPSA) is 129 Å². The van der Waals surface area contributed by atoms with Crippen molar-refractivity contribution in [3.05, 3.63) is 61.4 Å². The highest BCUT2D eigenvalue weighted by Crippen LogP contribution is 2.30. The van der Waals surface area contributed by atoms with Crippen LogP contribution in [0.25, 0.3) is 11.3 Å². The highest BCUT2D eigenvalue weighted by Gasteiger charge is 2.33. The number of pyridine rings is 1. The van der Waals surface area contributed by atoms with E-state index in [9.17, 15) is 24.5 Å². The molecule has 1 heterocycles. The number of benzene rings is 1. The van der Waals surface area contributed by atoms with Crippen LogP contribution in [0.3, 0.4) is 0 Å². The number of nitrogens with zero attached hydrogens (tertiary/aromatic N) is 1. The van der Waals surface area contributed by atoms with E-state index in [0.717, 1.165) is 0 Å². The van der Waals surface area contributed by atoms with Crippen molar-refractivity contribution in [2.75, 3.05) is 13.2 Å². The number of esters is 2. The Morgan fingerprint density at radius 1 is 1.07 bits per heavy atom. The molecule has 2 rings (SSSR count). The molecule has 2 aromatic rings. The van der Waals surface area contributed by atoms with Gasteiger partial charge in [0.25, 0.3) is 11.2 Å². The van der Waals surface area contributed by atoms with Crippen molar-refractivity contribution in [3.8, 4) is 11.3 Å². The molecule has 0 radical (unpaired) electrons. The summed E-state index contributed by atoms with van der Waals surface area (Å²) < 4.78 is 9.83. The van der Waals surface area contributed by atoms with Crippen molar-refractivity contribution in [3.63, 3.8) is 0 Å². The molecule has 0 unspecified atom stereocenters. The molecular weight excluding hydrogens is 380 g/mol. The Hall–Kier alpha value is -3.49. The van der Waals surface area contributed by atoms with Crippen molar-refractivity contribution in [2.24, 2.45) is 0 Å². The molecule has 1 aromatic heterocycles. The fourth-order valence-corrected chi connectivity index (χ4v) is 3.13. The summed E-state index contributed by atoms with van der Waals surface area (Å²) in [5.74, 6) is -3.23. The Kier molecular flexibility index (Phi) is 6.87. The van der Waals surface area contributed by atoms with Crippen LogP contribution in [0.15, 0.2) is 29.1 Å². The van der Waals surface area contributed by atoms with Gasteiger partial charge in [-0.25, -0.2) is 0 Å². The van der Waals surface area contributed by atoms with Crippen LogP contribution in [-0.4, -0.2) is 35.1 Å². The standard InChI is InChI=1S/C20H22N2O7/c1-5-28-19(24)17(20(25)29-6-2)14-7-8-15(21-18(14)23)16-11(3)9-13(22(26)27)10-12(16)4/h7-10,17H,5-6H2,1-4H3,(H,21,23). The predicted octanol–water partition coefficient (Wildman–Crippen LogP) is 2.78. The molecule has 0 aliphatic heterocycles. The summed E-state index contributed by atoms with van der Waals surface area (Å²) in [7, 11) is 0. The lowest BCUT2D eigenvalue weighted by atomic mass is 9.96. The minimum Gasteiger partial charge on any atom is -0.465 e. The molecule has 0 saturated heterocycles. The number of aromatic nitrogens is 1. The number of carbonyl (C=O) groups excluding carboxylic acids is 2. The van der Waals surface area contributed by atoms with Gasteiger partial charge in [0.1, 0.15) is 0 Å². The van der Waals surface area contributed by atoms with E-state index < -0.39 is 28.3 Å². The molecule has 0 fully saturated rings. The van der Waals surface area contributed by atoms with Gasteiger partial charge in [-0.1, -0.05) is 0 Å². The molecule has 154 valence electrons. The number of nitrogens with one attached hydrogen (secondary N) is 1. The Labute approximate surface area is 166 Å². The molecule has 29 heavy (non-hydrogen) atoms. The van der Waals surface area contributed by atoms with E-state index in [1.807, 2.05) is 0 Å². The predicted molar refractivity (Wildman–Crippen MR) is 105 cm³/mol. The van der Waals surface area contributed by atoms with E-state index >= 15 is 0 Å². The maximum absolute atomic E-state index is 12.7. The molecule has 0 saturated carbocycles. The highest BCUT2D eigenvalue weighted by atomic mass is 16.6. The summed E-state index contributed by atoms with van der Waals surface area (Å²) >= 11 is 0. The molecule has 0 aliphatic carbocycles. The Balaban J connectivity index is 2.54. The van der Waals surface area contributed by atoms with Gasteiger partial charge < -0.3 is 14.5 Å². The first-order chi connectivity index (χ1) is 13.7. The van der Waals surface area contributed by atoms with Gasteiger partial charge in [0, 0.05) is 29.0 Å². The molecule has 9 nitrogen and oxygen atoms in total. The number of aryl methyl sites for hydroxylation is 2. The lowest BCUT2D eigenvalue weighted by Gasteiger charge is -2.15. The van der Waals surface area contributed by atoms with E-state index in [-0.39, 0.29) is 24.5 Å². The van der Waals surface area contributed by atoms with E-state index in [1.165, 1.54) is 18.2 Å². The number of nitro groups is 1. The van der Waals surface area contributed by atoms with Crippen LogP contribution in [0.5, 0.6) is 0 Å². The van der Waals surface area contributed by atoms with E-state index in [4.69, 9.17) is 9.47 Å². The Morgan fingerprint density at radius 2 is 1.59 bits per heavy atom. The SMILES string of the molecule is CCOC(=O)C(C(=O)OCC)c1ccc(-c2c(C)cc([N+](=O)[O-])cc2C)[nH]c1=O. The summed E-state index contributed by atoms with van der Waals surface area (Å²) in [6.07, 6.45) is 0. The molecule has 0 spiro atoms. The third-order valence-electron chi connectivity index (χ3n) is 4.29. The number of hydrogen-bond donors (Lipinski definition) is 1. The minimum atomic E-state index is -1.49. The molecule has 1 aromatic carbocycles. The Morgan fingerprint density at radius 3 is 2.00 bits per heavy atom. The van der Waals surface area contributed by atoms with Crippen LogP contribution in [0, 0.1) is 24.0 Å². The molecule has 0 atom stereocenters. The second-order valence-corrected chi connectivity index (χ2v) is 6.31. The van der Waals surface area contributed by atoms with Gasteiger partial charge in [-0.3, -0.25) is 24.5 Å². The summed E-state index contributed by atoms with van der Waals surface area (Å²) in [4.78, 5) is 50.4. The van der Waals surface area contributed by atoms with Crippen molar-refractivity contribution >= 4 is 17.6 Å². The van der Waals surface area contributed by atoms with E-state index in [1.54, 1.807) is 33.8 Å². The van der Waals surface area contributed by atoms with Crippen LogP contribution in [-0.2, 0) is 19.1 Å². The summed E-state index contributed by atoms with van der Waals surface area (Å²) in [5.41, 5.74) is 1.46. The van der Waals surface area contributed by atoms with E-state index in [0.29, 0.717) is 22.4 Å². The van der Waals surface area contributed by atoms with Gasteiger partial charge in [0.2, 0.25) is 0 Å². The first kappa shape index (κ1) is 21.8. The smallest absolute Gasteiger partial charge is 0.325 e. The van der Waals surface area contributed by atoms with Gasteiger partial charge in [0.15, 0.2) is 5.92 Å². The molecule has 0 amide bonds. The fourth-order valence-electron chi connectivity index (χ4n) is 3.13. The average molecular weight is 402 g/mol. The zero-order valence-corrected chi connectivity index (χ0v) is 16.6. The zero-order chi connectivity index (χ0) is 21.7.